The van der Waals surface area contributed by atoms with Crippen molar-refractivity contribution in [2.24, 2.45) is 0 Å². The minimum Gasteiger partial charge on any atom is -0.387 e. The average molecular weight is 508 g/mol. The average Bonchev–Trinajstić information content (AvgIpc) is 2.82. The number of terminal acetylenes is 1. The van der Waals surface area contributed by atoms with E-state index >= 15 is 0 Å². The quantitative estimate of drug-likeness (QED) is 0.139. The zero-order valence-electron chi connectivity index (χ0n) is 14.8. The van der Waals surface area contributed by atoms with Crippen LogP contribution in [0, 0.1) is 12.3 Å². The molecule has 0 saturated carbocycles. The SMILES string of the molecule is C#C[C@@]1(n2ccc(=O)[nH]c2=O)O[C@H](COP(=O)(O)OP(=O)(O)OP(=O)(O)O)[C@@H](O)[C@H]1O. The third kappa shape index (κ3) is 6.07. The molecule has 1 saturated heterocycles. The van der Waals surface area contributed by atoms with E-state index in [4.69, 9.17) is 25.8 Å². The molecule has 0 aliphatic carbocycles. The highest BCUT2D eigenvalue weighted by Gasteiger charge is 2.56. The van der Waals surface area contributed by atoms with Gasteiger partial charge in [0, 0.05) is 12.3 Å². The van der Waals surface area contributed by atoms with Gasteiger partial charge in [0.1, 0.15) is 18.3 Å². The first-order chi connectivity index (χ1) is 14.0. The number of hydrogen-bond acceptors (Lipinski definition) is 11. The lowest BCUT2D eigenvalue weighted by Crippen LogP contribution is -2.50. The maximum Gasteiger partial charge on any atom is 0.490 e. The maximum absolute atomic E-state index is 12.0. The van der Waals surface area contributed by atoms with Gasteiger partial charge in [0.15, 0.2) is 0 Å². The summed E-state index contributed by atoms with van der Waals surface area (Å²) in [4.78, 5) is 60.5. The number of H-pyrrole nitrogens is 1. The van der Waals surface area contributed by atoms with E-state index < -0.39 is 65.4 Å². The second-order valence-electron chi connectivity index (χ2n) is 5.80. The van der Waals surface area contributed by atoms with Crippen molar-refractivity contribution in [3.05, 3.63) is 33.1 Å². The molecule has 0 amide bonds. The van der Waals surface area contributed by atoms with E-state index in [2.05, 4.69) is 13.1 Å². The molecule has 2 heterocycles. The Hall–Kier alpha value is -1.47. The fraction of sp³-hybridized carbons (Fsp3) is 0.455. The molecule has 31 heavy (non-hydrogen) atoms. The summed E-state index contributed by atoms with van der Waals surface area (Å²) in [6.07, 6.45) is 0.438. The summed E-state index contributed by atoms with van der Waals surface area (Å²) < 4.78 is 50.8. The van der Waals surface area contributed by atoms with Crippen molar-refractivity contribution in [2.75, 3.05) is 6.61 Å². The van der Waals surface area contributed by atoms with Crippen molar-refractivity contribution in [2.45, 2.75) is 24.0 Å². The van der Waals surface area contributed by atoms with Gasteiger partial charge in [-0.25, -0.2) is 18.5 Å². The van der Waals surface area contributed by atoms with E-state index in [9.17, 15) is 38.4 Å². The Morgan fingerprint density at radius 2 is 1.77 bits per heavy atom. The van der Waals surface area contributed by atoms with Gasteiger partial charge in [0.05, 0.1) is 6.61 Å². The van der Waals surface area contributed by atoms with Crippen LogP contribution < -0.4 is 11.2 Å². The molecular formula is C11H15N2O15P3. The number of hydrogen-bond donors (Lipinski definition) is 7. The molecule has 17 nitrogen and oxygen atoms in total. The summed E-state index contributed by atoms with van der Waals surface area (Å²) in [5.74, 6) is 1.92. The van der Waals surface area contributed by atoms with Gasteiger partial charge in [-0.15, -0.1) is 6.42 Å². The maximum atomic E-state index is 12.0. The topological polar surface area (TPSA) is 264 Å². The summed E-state index contributed by atoms with van der Waals surface area (Å²) >= 11 is 0. The first-order valence-electron chi connectivity index (χ1n) is 7.64. The standard InChI is InChI=1S/C11H15N2O15P3/c1-2-11(13-4-3-7(14)12-10(13)17)9(16)8(15)6(26-11)5-25-30(21,22)28-31(23,24)27-29(18,19)20/h1,3-4,6,8-9,15-16H,5H2,(H,21,22)(H,23,24)(H,12,14,17)(H2,18,19,20)/t6-,8-,9-,11-/m1/s1. The zero-order valence-corrected chi connectivity index (χ0v) is 17.5. The molecule has 1 fully saturated rings. The minimum atomic E-state index is -5.78. The summed E-state index contributed by atoms with van der Waals surface area (Å²) in [5.41, 5.74) is -4.35. The summed E-state index contributed by atoms with van der Waals surface area (Å²) in [5, 5.41) is 20.4. The predicted molar refractivity (Wildman–Crippen MR) is 94.8 cm³/mol. The Morgan fingerprint density at radius 3 is 2.29 bits per heavy atom. The lowest BCUT2D eigenvalue weighted by Gasteiger charge is -2.28. The number of phosphoric acid groups is 3. The van der Waals surface area contributed by atoms with E-state index in [1.807, 2.05) is 10.9 Å². The molecule has 2 rings (SSSR count). The van der Waals surface area contributed by atoms with Gasteiger partial charge < -0.3 is 34.5 Å². The number of phosphoric ester groups is 1. The molecule has 1 aromatic heterocycles. The molecular weight excluding hydrogens is 493 g/mol. The van der Waals surface area contributed by atoms with Gasteiger partial charge >= 0.3 is 29.2 Å². The second kappa shape index (κ2) is 8.81. The smallest absolute Gasteiger partial charge is 0.387 e. The van der Waals surface area contributed by atoms with Crippen molar-refractivity contribution in [3.63, 3.8) is 0 Å². The molecule has 1 aliphatic heterocycles. The van der Waals surface area contributed by atoms with Crippen molar-refractivity contribution in [1.29, 1.82) is 0 Å². The monoisotopic (exact) mass is 508 g/mol. The molecule has 0 bridgehead atoms. The Kier molecular flexibility index (Phi) is 7.33. The van der Waals surface area contributed by atoms with Crippen molar-refractivity contribution in [3.8, 4) is 12.3 Å². The highest BCUT2D eigenvalue weighted by Crippen LogP contribution is 2.66. The van der Waals surface area contributed by atoms with E-state index in [1.165, 1.54) is 0 Å². The van der Waals surface area contributed by atoms with Gasteiger partial charge in [-0.2, -0.15) is 8.62 Å². The van der Waals surface area contributed by atoms with Crippen LogP contribution in [0.25, 0.3) is 0 Å². The number of rotatable bonds is 8. The van der Waals surface area contributed by atoms with E-state index in [0.717, 1.165) is 12.3 Å². The number of aliphatic hydroxyl groups excluding tert-OH is 2. The lowest BCUT2D eigenvalue weighted by molar-refractivity contribution is -0.107. The molecule has 1 aliphatic rings. The van der Waals surface area contributed by atoms with E-state index in [0.29, 0.717) is 4.57 Å². The van der Waals surface area contributed by atoms with Gasteiger partial charge in [-0.05, 0) is 5.92 Å². The summed E-state index contributed by atoms with van der Waals surface area (Å²) in [6.45, 7) is -1.15. The molecule has 174 valence electrons. The molecule has 0 aromatic carbocycles. The molecule has 0 spiro atoms. The van der Waals surface area contributed by atoms with Gasteiger partial charge in [-0.1, -0.05) is 0 Å². The number of nitrogens with zero attached hydrogens (tertiary/aromatic N) is 1. The van der Waals surface area contributed by atoms with E-state index in [-0.39, 0.29) is 0 Å². The van der Waals surface area contributed by atoms with Crippen LogP contribution in [0.4, 0.5) is 0 Å². The Bertz CT molecular complexity index is 1130. The van der Waals surface area contributed by atoms with Gasteiger partial charge in [-0.3, -0.25) is 18.9 Å². The molecule has 0 radical (unpaired) electrons. The van der Waals surface area contributed by atoms with Gasteiger partial charge in [0.25, 0.3) is 5.56 Å². The molecule has 7 N–H and O–H groups in total. The number of aliphatic hydroxyl groups is 2. The van der Waals surface area contributed by atoms with Crippen LogP contribution in [0.1, 0.15) is 0 Å². The fourth-order valence-electron chi connectivity index (χ4n) is 2.48. The molecule has 20 heteroatoms. The third-order valence-electron chi connectivity index (χ3n) is 3.64. The number of ether oxygens (including phenoxy) is 1. The summed E-state index contributed by atoms with van der Waals surface area (Å²) in [7, 11) is -16.9. The Balaban J connectivity index is 2.20. The van der Waals surface area contributed by atoms with Crippen molar-refractivity contribution in [1.82, 2.24) is 9.55 Å². The number of aromatic nitrogens is 2. The largest absolute Gasteiger partial charge is 0.490 e. The highest BCUT2D eigenvalue weighted by molar-refractivity contribution is 7.66. The van der Waals surface area contributed by atoms with Crippen LogP contribution in [0.2, 0.25) is 0 Å². The Morgan fingerprint density at radius 1 is 1.16 bits per heavy atom. The number of aromatic amines is 1. The molecule has 6 atom stereocenters. The van der Waals surface area contributed by atoms with Crippen LogP contribution in [0.5, 0.6) is 0 Å². The van der Waals surface area contributed by atoms with Crippen LogP contribution in [-0.2, 0) is 37.3 Å². The summed E-state index contributed by atoms with van der Waals surface area (Å²) in [6, 6.07) is 0.850. The van der Waals surface area contributed by atoms with Crippen LogP contribution in [0.3, 0.4) is 0 Å². The minimum absolute atomic E-state index is 0.549. The lowest BCUT2D eigenvalue weighted by atomic mass is 10.0. The second-order valence-corrected chi connectivity index (χ2v) is 10.2. The fourth-order valence-corrected chi connectivity index (χ4v) is 5.51. The first-order valence-corrected chi connectivity index (χ1v) is 12.2. The normalized spacial score (nSPS) is 30.3. The van der Waals surface area contributed by atoms with Crippen LogP contribution in [-0.4, -0.2) is 64.3 Å². The van der Waals surface area contributed by atoms with Crippen molar-refractivity contribution < 1.29 is 61.4 Å². The molecule has 2 unspecified atom stereocenters. The van der Waals surface area contributed by atoms with Crippen molar-refractivity contribution >= 4 is 23.5 Å². The zero-order chi connectivity index (χ0) is 23.8. The van der Waals surface area contributed by atoms with E-state index in [1.54, 1.807) is 0 Å². The Labute approximate surface area is 171 Å². The highest BCUT2D eigenvalue weighted by atomic mass is 31.3. The third-order valence-corrected chi connectivity index (χ3v) is 7.45. The number of nitrogens with one attached hydrogen (secondary N) is 1. The predicted octanol–water partition coefficient (Wildman–Crippen LogP) is -2.71. The van der Waals surface area contributed by atoms with Gasteiger partial charge in [0.2, 0.25) is 5.72 Å². The van der Waals surface area contributed by atoms with Crippen LogP contribution in [0.15, 0.2) is 21.9 Å². The van der Waals surface area contributed by atoms with Crippen LogP contribution >= 0.6 is 23.5 Å². The molecule has 1 aromatic rings. The first kappa shape index (κ1) is 25.8.